The van der Waals surface area contributed by atoms with Gasteiger partial charge in [-0.15, -0.1) is 0 Å². The zero-order valence-electron chi connectivity index (χ0n) is 10.9. The predicted molar refractivity (Wildman–Crippen MR) is 74.7 cm³/mol. The molecule has 3 heteroatoms. The number of hydrogen-bond acceptors (Lipinski definition) is 3. The Labute approximate surface area is 113 Å². The quantitative estimate of drug-likeness (QED) is 0.890. The van der Waals surface area contributed by atoms with Gasteiger partial charge in [-0.2, -0.15) is 5.26 Å². The minimum atomic E-state index is 0.695. The second-order valence-electron chi connectivity index (χ2n) is 4.27. The molecule has 1 N–H and O–H groups in total. The maximum absolute atomic E-state index is 8.84. The van der Waals surface area contributed by atoms with Crippen LogP contribution in [0.2, 0.25) is 0 Å². The van der Waals surface area contributed by atoms with E-state index in [-0.39, 0.29) is 0 Å². The third-order valence-electron chi connectivity index (χ3n) is 2.85. The van der Waals surface area contributed by atoms with Gasteiger partial charge in [0.25, 0.3) is 0 Å². The van der Waals surface area contributed by atoms with Crippen molar-refractivity contribution in [1.29, 1.82) is 5.26 Å². The van der Waals surface area contributed by atoms with E-state index in [1.165, 1.54) is 5.56 Å². The van der Waals surface area contributed by atoms with Gasteiger partial charge in [-0.3, -0.25) is 0 Å². The molecular weight excluding hydrogens is 236 g/mol. The lowest BCUT2D eigenvalue weighted by Crippen LogP contribution is -2.12. The summed E-state index contributed by atoms with van der Waals surface area (Å²) in [6.45, 7) is 1.51. The molecule has 0 fully saturated rings. The average molecular weight is 252 g/mol. The number of rotatable bonds is 5. The van der Waals surface area contributed by atoms with Gasteiger partial charge < -0.3 is 10.1 Å². The summed E-state index contributed by atoms with van der Waals surface area (Å²) in [5.74, 6) is 0.866. The normalized spacial score (nSPS) is 9.89. The molecule has 0 aliphatic rings. The second-order valence-corrected chi connectivity index (χ2v) is 4.27. The van der Waals surface area contributed by atoms with Gasteiger partial charge in [-0.05, 0) is 35.4 Å². The van der Waals surface area contributed by atoms with Crippen molar-refractivity contribution in [2.24, 2.45) is 0 Å². The van der Waals surface area contributed by atoms with E-state index in [0.717, 1.165) is 24.4 Å². The number of benzene rings is 2. The van der Waals surface area contributed by atoms with E-state index >= 15 is 0 Å². The molecule has 19 heavy (non-hydrogen) atoms. The third kappa shape index (κ3) is 3.84. The largest absolute Gasteiger partial charge is 0.497 e. The zero-order chi connectivity index (χ0) is 13.5. The van der Waals surface area contributed by atoms with Crippen LogP contribution in [-0.2, 0) is 13.1 Å². The highest BCUT2D eigenvalue weighted by Crippen LogP contribution is 2.12. The Bertz CT molecular complexity index is 587. The number of nitrogens with one attached hydrogen (secondary N) is 1. The summed E-state index contributed by atoms with van der Waals surface area (Å²) in [5, 5.41) is 12.2. The van der Waals surface area contributed by atoms with Crippen molar-refractivity contribution < 1.29 is 4.74 Å². The number of nitriles is 1. The SMILES string of the molecule is COc1cccc(CNCc2cccc(C#N)c2)c1. The van der Waals surface area contributed by atoms with Crippen LogP contribution in [0, 0.1) is 11.3 Å². The lowest BCUT2D eigenvalue weighted by molar-refractivity contribution is 0.414. The van der Waals surface area contributed by atoms with Crippen molar-refractivity contribution in [2.75, 3.05) is 7.11 Å². The molecule has 96 valence electrons. The van der Waals surface area contributed by atoms with E-state index in [4.69, 9.17) is 10.00 Å². The van der Waals surface area contributed by atoms with Crippen LogP contribution in [0.25, 0.3) is 0 Å². The zero-order valence-corrected chi connectivity index (χ0v) is 10.9. The van der Waals surface area contributed by atoms with Crippen LogP contribution in [0.5, 0.6) is 5.75 Å². The minimum absolute atomic E-state index is 0.695. The number of hydrogen-bond donors (Lipinski definition) is 1. The van der Waals surface area contributed by atoms with Gasteiger partial charge >= 0.3 is 0 Å². The second kappa shape index (κ2) is 6.58. The fourth-order valence-corrected chi connectivity index (χ4v) is 1.88. The highest BCUT2D eigenvalue weighted by Gasteiger charge is 1.97. The minimum Gasteiger partial charge on any atom is -0.497 e. The van der Waals surface area contributed by atoms with Crippen LogP contribution in [-0.4, -0.2) is 7.11 Å². The predicted octanol–water partition coefficient (Wildman–Crippen LogP) is 2.86. The molecule has 0 saturated heterocycles. The van der Waals surface area contributed by atoms with Crippen molar-refractivity contribution >= 4 is 0 Å². The maximum Gasteiger partial charge on any atom is 0.119 e. The van der Waals surface area contributed by atoms with Crippen molar-refractivity contribution in [1.82, 2.24) is 5.32 Å². The summed E-state index contributed by atoms with van der Waals surface area (Å²) in [6.07, 6.45) is 0. The summed E-state index contributed by atoms with van der Waals surface area (Å²) in [7, 11) is 1.67. The Morgan fingerprint density at radius 3 is 2.42 bits per heavy atom. The first-order valence-electron chi connectivity index (χ1n) is 6.14. The monoisotopic (exact) mass is 252 g/mol. The summed E-state index contributed by atoms with van der Waals surface area (Å²) in [6, 6.07) is 17.8. The third-order valence-corrected chi connectivity index (χ3v) is 2.85. The molecule has 2 aromatic rings. The molecule has 2 aromatic carbocycles. The number of nitrogens with zero attached hydrogens (tertiary/aromatic N) is 1. The van der Waals surface area contributed by atoms with Crippen LogP contribution in [0.4, 0.5) is 0 Å². The Hall–Kier alpha value is -2.31. The van der Waals surface area contributed by atoms with Crippen LogP contribution >= 0.6 is 0 Å². The smallest absolute Gasteiger partial charge is 0.119 e. The van der Waals surface area contributed by atoms with Gasteiger partial charge in [-0.1, -0.05) is 24.3 Å². The van der Waals surface area contributed by atoms with E-state index in [0.29, 0.717) is 5.56 Å². The first-order chi connectivity index (χ1) is 9.31. The van der Waals surface area contributed by atoms with Gasteiger partial charge in [0, 0.05) is 13.1 Å². The first-order valence-corrected chi connectivity index (χ1v) is 6.14. The molecule has 0 amide bonds. The summed E-state index contributed by atoms with van der Waals surface area (Å²) < 4.78 is 5.19. The van der Waals surface area contributed by atoms with E-state index in [1.54, 1.807) is 7.11 Å². The van der Waals surface area contributed by atoms with E-state index < -0.39 is 0 Å². The molecule has 0 spiro atoms. The lowest BCUT2D eigenvalue weighted by atomic mass is 10.1. The topological polar surface area (TPSA) is 45.0 Å². The fraction of sp³-hybridized carbons (Fsp3) is 0.188. The van der Waals surface area contributed by atoms with Crippen LogP contribution in [0.1, 0.15) is 16.7 Å². The number of ether oxygens (including phenoxy) is 1. The Balaban J connectivity index is 1.90. The molecule has 0 saturated carbocycles. The molecule has 0 radical (unpaired) electrons. The molecule has 0 heterocycles. The van der Waals surface area contributed by atoms with Gasteiger partial charge in [0.2, 0.25) is 0 Å². The van der Waals surface area contributed by atoms with E-state index in [2.05, 4.69) is 17.5 Å². The molecule has 0 bridgehead atoms. The Kier molecular flexibility index (Phi) is 4.54. The van der Waals surface area contributed by atoms with Crippen molar-refractivity contribution in [3.8, 4) is 11.8 Å². The standard InChI is InChI=1S/C16H16N2O/c1-19-16-7-3-6-15(9-16)12-18-11-14-5-2-4-13(8-14)10-17/h2-9,18H,11-12H2,1H3. The molecule has 3 nitrogen and oxygen atoms in total. The maximum atomic E-state index is 8.84. The molecule has 2 rings (SSSR count). The summed E-state index contributed by atoms with van der Waals surface area (Å²) in [4.78, 5) is 0. The highest BCUT2D eigenvalue weighted by atomic mass is 16.5. The van der Waals surface area contributed by atoms with Crippen molar-refractivity contribution in [3.63, 3.8) is 0 Å². The summed E-state index contributed by atoms with van der Waals surface area (Å²) in [5.41, 5.74) is 2.98. The van der Waals surface area contributed by atoms with Gasteiger partial charge in [-0.25, -0.2) is 0 Å². The van der Waals surface area contributed by atoms with Gasteiger partial charge in [0.1, 0.15) is 5.75 Å². The Morgan fingerprint density at radius 2 is 1.74 bits per heavy atom. The molecule has 0 aromatic heterocycles. The number of methoxy groups -OCH3 is 1. The van der Waals surface area contributed by atoms with E-state index in [1.807, 2.05) is 42.5 Å². The lowest BCUT2D eigenvalue weighted by Gasteiger charge is -2.07. The van der Waals surface area contributed by atoms with Crippen LogP contribution < -0.4 is 10.1 Å². The van der Waals surface area contributed by atoms with Gasteiger partial charge in [0.15, 0.2) is 0 Å². The fourth-order valence-electron chi connectivity index (χ4n) is 1.88. The van der Waals surface area contributed by atoms with Crippen LogP contribution in [0.3, 0.4) is 0 Å². The first kappa shape index (κ1) is 13.1. The average Bonchev–Trinajstić information content (AvgIpc) is 2.48. The molecule has 0 aliphatic heterocycles. The van der Waals surface area contributed by atoms with Crippen LogP contribution in [0.15, 0.2) is 48.5 Å². The van der Waals surface area contributed by atoms with E-state index in [9.17, 15) is 0 Å². The molecular formula is C16H16N2O. The Morgan fingerprint density at radius 1 is 1.05 bits per heavy atom. The van der Waals surface area contributed by atoms with Crippen molar-refractivity contribution in [2.45, 2.75) is 13.1 Å². The summed E-state index contributed by atoms with van der Waals surface area (Å²) >= 11 is 0. The van der Waals surface area contributed by atoms with Gasteiger partial charge in [0.05, 0.1) is 18.7 Å². The molecule has 0 unspecified atom stereocenters. The molecule has 0 atom stereocenters. The van der Waals surface area contributed by atoms with Crippen molar-refractivity contribution in [3.05, 3.63) is 65.2 Å². The highest BCUT2D eigenvalue weighted by molar-refractivity contribution is 5.33. The molecule has 0 aliphatic carbocycles.